The molecule has 0 saturated carbocycles. The Hall–Kier alpha value is -4.05. The Morgan fingerprint density at radius 3 is 2.38 bits per heavy atom. The first-order chi connectivity index (χ1) is 15.7. The molecule has 0 unspecified atom stereocenters. The van der Waals surface area contributed by atoms with E-state index in [2.05, 4.69) is 87.9 Å². The van der Waals surface area contributed by atoms with Crippen LogP contribution in [0.2, 0.25) is 0 Å². The third-order valence-electron chi connectivity index (χ3n) is 5.61. The molecule has 32 heavy (non-hydrogen) atoms. The van der Waals surface area contributed by atoms with E-state index in [4.69, 9.17) is 0 Å². The summed E-state index contributed by atoms with van der Waals surface area (Å²) in [5.41, 5.74) is 7.93. The summed E-state index contributed by atoms with van der Waals surface area (Å²) in [5.74, 6) is 0.843. The Bertz CT molecular complexity index is 1390. The second kappa shape index (κ2) is 8.60. The van der Waals surface area contributed by atoms with Crippen LogP contribution in [0.3, 0.4) is 0 Å². The van der Waals surface area contributed by atoms with E-state index in [0.29, 0.717) is 6.54 Å². The zero-order valence-electron chi connectivity index (χ0n) is 18.2. The topological polar surface area (TPSA) is 50.7 Å². The first kappa shape index (κ1) is 19.9. The van der Waals surface area contributed by atoms with Crippen LogP contribution < -0.4 is 5.32 Å². The van der Waals surface area contributed by atoms with Crippen LogP contribution in [0, 0.1) is 13.8 Å². The summed E-state index contributed by atoms with van der Waals surface area (Å²) in [7, 11) is 0. The molecule has 3 heterocycles. The Balaban J connectivity index is 1.35. The zero-order chi connectivity index (χ0) is 21.9. The maximum atomic E-state index is 4.68. The van der Waals surface area contributed by atoms with Gasteiger partial charge in [-0.25, -0.2) is 4.98 Å². The summed E-state index contributed by atoms with van der Waals surface area (Å²) in [6, 6.07) is 25.4. The van der Waals surface area contributed by atoms with Crippen molar-refractivity contribution in [2.45, 2.75) is 20.4 Å². The fraction of sp³-hybridized carbons (Fsp3) is 0.107. The second-order valence-corrected chi connectivity index (χ2v) is 8.06. The summed E-state index contributed by atoms with van der Waals surface area (Å²) in [5, 5.41) is 5.60. The molecule has 1 N–H and O–H groups in total. The van der Waals surface area contributed by atoms with Crippen molar-refractivity contribution in [2.75, 3.05) is 5.32 Å². The van der Waals surface area contributed by atoms with Crippen molar-refractivity contribution in [3.05, 3.63) is 108 Å². The van der Waals surface area contributed by atoms with Crippen molar-refractivity contribution >= 4 is 16.6 Å². The molecular formula is C28H24N4. The Morgan fingerprint density at radius 2 is 1.56 bits per heavy atom. The van der Waals surface area contributed by atoms with Crippen molar-refractivity contribution in [1.82, 2.24) is 15.0 Å². The molecule has 156 valence electrons. The van der Waals surface area contributed by atoms with Crippen LogP contribution in [-0.4, -0.2) is 15.0 Å². The number of nitrogens with zero attached hydrogens (tertiary/aromatic N) is 3. The standard InChI is InChI=1S/C28H24N4/c1-19-4-3-5-23(14-19)22-8-6-21(7-9-22)17-32-28-26-18-31-27(16-24(26)10-13-30-28)25-11-12-29-20(2)15-25/h3-16,18H,17H2,1-2H3,(H,30,32). The number of fused-ring (bicyclic) bond motifs is 1. The number of hydrogen-bond acceptors (Lipinski definition) is 4. The number of nitrogens with one attached hydrogen (secondary N) is 1. The molecule has 3 aromatic heterocycles. The lowest BCUT2D eigenvalue weighted by atomic mass is 10.0. The molecule has 4 nitrogen and oxygen atoms in total. The minimum Gasteiger partial charge on any atom is -0.365 e. The molecule has 0 aliphatic carbocycles. The van der Waals surface area contributed by atoms with E-state index in [1.54, 1.807) is 0 Å². The molecular weight excluding hydrogens is 392 g/mol. The van der Waals surface area contributed by atoms with Crippen LogP contribution in [-0.2, 0) is 6.54 Å². The van der Waals surface area contributed by atoms with Crippen molar-refractivity contribution < 1.29 is 0 Å². The maximum absolute atomic E-state index is 4.68. The van der Waals surface area contributed by atoms with Crippen LogP contribution in [0.4, 0.5) is 5.82 Å². The van der Waals surface area contributed by atoms with Gasteiger partial charge in [-0.15, -0.1) is 0 Å². The second-order valence-electron chi connectivity index (χ2n) is 8.06. The van der Waals surface area contributed by atoms with Gasteiger partial charge >= 0.3 is 0 Å². The fourth-order valence-electron chi connectivity index (χ4n) is 3.90. The summed E-state index contributed by atoms with van der Waals surface area (Å²) in [6.45, 7) is 4.81. The smallest absolute Gasteiger partial charge is 0.135 e. The highest BCUT2D eigenvalue weighted by molar-refractivity contribution is 5.93. The van der Waals surface area contributed by atoms with Crippen molar-refractivity contribution in [3.8, 4) is 22.4 Å². The molecule has 5 aromatic rings. The number of rotatable bonds is 5. The Kier molecular flexibility index (Phi) is 5.34. The molecule has 0 fully saturated rings. The predicted molar refractivity (Wildman–Crippen MR) is 131 cm³/mol. The van der Waals surface area contributed by atoms with Gasteiger partial charge in [-0.2, -0.15) is 0 Å². The van der Waals surface area contributed by atoms with E-state index in [9.17, 15) is 0 Å². The van der Waals surface area contributed by atoms with Crippen molar-refractivity contribution in [1.29, 1.82) is 0 Å². The molecule has 0 radical (unpaired) electrons. The molecule has 5 rings (SSSR count). The maximum Gasteiger partial charge on any atom is 0.135 e. The zero-order valence-corrected chi connectivity index (χ0v) is 18.2. The lowest BCUT2D eigenvalue weighted by Gasteiger charge is -2.11. The van der Waals surface area contributed by atoms with E-state index in [1.807, 2.05) is 37.6 Å². The van der Waals surface area contributed by atoms with E-state index in [1.165, 1.54) is 22.3 Å². The van der Waals surface area contributed by atoms with Crippen molar-refractivity contribution in [3.63, 3.8) is 0 Å². The number of benzene rings is 2. The SMILES string of the molecule is Cc1cccc(-c2ccc(CNc3nccc4cc(-c5ccnc(C)c5)ncc34)cc2)c1. The Morgan fingerprint density at radius 1 is 0.719 bits per heavy atom. The van der Waals surface area contributed by atoms with Crippen LogP contribution in [0.15, 0.2) is 91.4 Å². The summed E-state index contributed by atoms with van der Waals surface area (Å²) in [4.78, 5) is 13.5. The average molecular weight is 417 g/mol. The molecule has 0 bridgehead atoms. The first-order valence-corrected chi connectivity index (χ1v) is 10.7. The molecule has 0 atom stereocenters. The summed E-state index contributed by atoms with van der Waals surface area (Å²) in [6.07, 6.45) is 5.56. The summed E-state index contributed by atoms with van der Waals surface area (Å²) >= 11 is 0. The average Bonchev–Trinajstić information content (AvgIpc) is 2.82. The molecule has 4 heteroatoms. The van der Waals surface area contributed by atoms with Crippen LogP contribution in [0.1, 0.15) is 16.8 Å². The fourth-order valence-corrected chi connectivity index (χ4v) is 3.90. The number of anilines is 1. The molecule has 2 aromatic carbocycles. The van der Waals surface area contributed by atoms with E-state index < -0.39 is 0 Å². The van der Waals surface area contributed by atoms with Gasteiger partial charge in [0.25, 0.3) is 0 Å². The van der Waals surface area contributed by atoms with Gasteiger partial charge in [0.2, 0.25) is 0 Å². The van der Waals surface area contributed by atoms with Gasteiger partial charge in [0, 0.05) is 41.8 Å². The minimum atomic E-state index is 0.700. The Labute approximate surface area is 188 Å². The van der Waals surface area contributed by atoms with Gasteiger partial charge in [-0.1, -0.05) is 54.1 Å². The number of aryl methyl sites for hydroxylation is 2. The van der Waals surface area contributed by atoms with Crippen molar-refractivity contribution in [2.24, 2.45) is 0 Å². The van der Waals surface area contributed by atoms with Crippen LogP contribution in [0.5, 0.6) is 0 Å². The minimum absolute atomic E-state index is 0.700. The third-order valence-corrected chi connectivity index (χ3v) is 5.61. The molecule has 0 spiro atoms. The number of pyridine rings is 3. The normalized spacial score (nSPS) is 10.9. The van der Waals surface area contributed by atoms with Gasteiger partial charge in [0.1, 0.15) is 5.82 Å². The molecule has 0 saturated heterocycles. The van der Waals surface area contributed by atoms with Gasteiger partial charge in [0.05, 0.1) is 5.69 Å². The summed E-state index contributed by atoms with van der Waals surface area (Å²) < 4.78 is 0. The molecule has 0 aliphatic heterocycles. The highest BCUT2D eigenvalue weighted by Gasteiger charge is 2.07. The molecule has 0 amide bonds. The van der Waals surface area contributed by atoms with Gasteiger partial charge in [0.15, 0.2) is 0 Å². The number of hydrogen-bond donors (Lipinski definition) is 1. The monoisotopic (exact) mass is 416 g/mol. The van der Waals surface area contributed by atoms with E-state index in [-0.39, 0.29) is 0 Å². The van der Waals surface area contributed by atoms with Gasteiger partial charge in [-0.05, 0) is 60.2 Å². The predicted octanol–water partition coefficient (Wildman–Crippen LogP) is 6.59. The van der Waals surface area contributed by atoms with E-state index >= 15 is 0 Å². The quantitative estimate of drug-likeness (QED) is 0.351. The highest BCUT2D eigenvalue weighted by Crippen LogP contribution is 2.26. The molecule has 0 aliphatic rings. The largest absolute Gasteiger partial charge is 0.365 e. The first-order valence-electron chi connectivity index (χ1n) is 10.7. The third kappa shape index (κ3) is 4.21. The lowest BCUT2D eigenvalue weighted by molar-refractivity contribution is 1.12. The van der Waals surface area contributed by atoms with Gasteiger partial charge in [-0.3, -0.25) is 9.97 Å². The highest BCUT2D eigenvalue weighted by atomic mass is 15.0. The lowest BCUT2D eigenvalue weighted by Crippen LogP contribution is -2.02. The van der Waals surface area contributed by atoms with Crippen LogP contribution >= 0.6 is 0 Å². The van der Waals surface area contributed by atoms with E-state index in [0.717, 1.165) is 33.5 Å². The van der Waals surface area contributed by atoms with Crippen LogP contribution in [0.25, 0.3) is 33.2 Å². The van der Waals surface area contributed by atoms with Gasteiger partial charge < -0.3 is 5.32 Å². The number of aromatic nitrogens is 3.